The molecule has 0 fully saturated rings. The highest BCUT2D eigenvalue weighted by Gasteiger charge is 2.15. The molecule has 0 saturated carbocycles. The Balaban J connectivity index is 2.97. The SMILES string of the molecule is CCOc1cc(B(O)O)c(C)cn1. The molecular formula is C8H12BNO3. The van der Waals surface area contributed by atoms with Gasteiger partial charge in [-0.1, -0.05) is 0 Å². The van der Waals surface area contributed by atoms with Crippen LogP contribution in [0.1, 0.15) is 12.5 Å². The molecule has 1 aromatic heterocycles. The van der Waals surface area contributed by atoms with Crippen molar-refractivity contribution in [2.24, 2.45) is 0 Å². The number of hydrogen-bond donors (Lipinski definition) is 2. The van der Waals surface area contributed by atoms with E-state index in [1.165, 1.54) is 6.07 Å². The minimum Gasteiger partial charge on any atom is -0.478 e. The quantitative estimate of drug-likeness (QED) is 0.615. The fraction of sp³-hybridized carbons (Fsp3) is 0.375. The summed E-state index contributed by atoms with van der Waals surface area (Å²) >= 11 is 0. The summed E-state index contributed by atoms with van der Waals surface area (Å²) in [5.74, 6) is 0.413. The third-order valence-corrected chi connectivity index (χ3v) is 1.69. The molecule has 4 nitrogen and oxygen atoms in total. The molecule has 0 saturated heterocycles. The van der Waals surface area contributed by atoms with Crippen molar-refractivity contribution in [3.8, 4) is 5.88 Å². The molecule has 2 N–H and O–H groups in total. The lowest BCUT2D eigenvalue weighted by Gasteiger charge is -2.06. The molecule has 1 rings (SSSR count). The molecule has 0 bridgehead atoms. The predicted molar refractivity (Wildman–Crippen MR) is 50.0 cm³/mol. The molecule has 0 aliphatic heterocycles. The van der Waals surface area contributed by atoms with Gasteiger partial charge in [-0.3, -0.25) is 0 Å². The van der Waals surface area contributed by atoms with Gasteiger partial charge in [0.1, 0.15) is 0 Å². The van der Waals surface area contributed by atoms with Gasteiger partial charge in [0.05, 0.1) is 6.61 Å². The van der Waals surface area contributed by atoms with Crippen LogP contribution in [0.15, 0.2) is 12.3 Å². The fourth-order valence-corrected chi connectivity index (χ4v) is 1.02. The maximum atomic E-state index is 8.97. The number of pyridine rings is 1. The minimum atomic E-state index is -1.47. The zero-order valence-corrected chi connectivity index (χ0v) is 7.69. The average molecular weight is 181 g/mol. The monoisotopic (exact) mass is 181 g/mol. The van der Waals surface area contributed by atoms with Crippen LogP contribution >= 0.6 is 0 Å². The lowest BCUT2D eigenvalue weighted by molar-refractivity contribution is 0.326. The maximum Gasteiger partial charge on any atom is 0.488 e. The van der Waals surface area contributed by atoms with Crippen LogP contribution in [0, 0.1) is 6.92 Å². The Labute approximate surface area is 77.3 Å². The summed E-state index contributed by atoms with van der Waals surface area (Å²) in [6.07, 6.45) is 1.56. The summed E-state index contributed by atoms with van der Waals surface area (Å²) in [5, 5.41) is 17.9. The molecular weight excluding hydrogens is 169 g/mol. The van der Waals surface area contributed by atoms with Crippen molar-refractivity contribution in [3.63, 3.8) is 0 Å². The van der Waals surface area contributed by atoms with Gasteiger partial charge < -0.3 is 14.8 Å². The van der Waals surface area contributed by atoms with Crippen molar-refractivity contribution in [2.75, 3.05) is 6.61 Å². The van der Waals surface area contributed by atoms with E-state index in [4.69, 9.17) is 14.8 Å². The van der Waals surface area contributed by atoms with Crippen molar-refractivity contribution in [1.29, 1.82) is 0 Å². The largest absolute Gasteiger partial charge is 0.488 e. The molecule has 1 heterocycles. The lowest BCUT2D eigenvalue weighted by atomic mass is 9.78. The molecule has 0 unspecified atom stereocenters. The van der Waals surface area contributed by atoms with Crippen molar-refractivity contribution >= 4 is 12.6 Å². The molecule has 0 spiro atoms. The standard InChI is InChI=1S/C8H12BNO3/c1-3-13-8-4-7(9(11)12)6(2)5-10-8/h4-5,11-12H,3H2,1-2H3. The molecule has 1 aromatic rings. The number of ether oxygens (including phenoxy) is 1. The van der Waals surface area contributed by atoms with Crippen molar-refractivity contribution < 1.29 is 14.8 Å². The predicted octanol–water partition coefficient (Wildman–Crippen LogP) is -0.531. The Morgan fingerprint density at radius 3 is 2.77 bits per heavy atom. The third-order valence-electron chi connectivity index (χ3n) is 1.69. The van der Waals surface area contributed by atoms with Crippen molar-refractivity contribution in [2.45, 2.75) is 13.8 Å². The number of aromatic nitrogens is 1. The van der Waals surface area contributed by atoms with E-state index in [1.807, 2.05) is 6.92 Å². The van der Waals surface area contributed by atoms with E-state index >= 15 is 0 Å². The highest BCUT2D eigenvalue weighted by Crippen LogP contribution is 2.04. The van der Waals surface area contributed by atoms with Crippen molar-refractivity contribution in [3.05, 3.63) is 17.8 Å². The van der Waals surface area contributed by atoms with Crippen LogP contribution in [0.25, 0.3) is 0 Å². The van der Waals surface area contributed by atoms with E-state index in [0.717, 1.165) is 5.56 Å². The number of aryl methyl sites for hydroxylation is 1. The first-order valence-electron chi connectivity index (χ1n) is 4.10. The fourth-order valence-electron chi connectivity index (χ4n) is 1.02. The van der Waals surface area contributed by atoms with Gasteiger partial charge >= 0.3 is 7.12 Å². The van der Waals surface area contributed by atoms with Crippen LogP contribution in [-0.4, -0.2) is 28.8 Å². The first-order valence-corrected chi connectivity index (χ1v) is 4.10. The summed E-state index contributed by atoms with van der Waals surface area (Å²) in [6.45, 7) is 4.12. The Bertz CT molecular complexity index is 291. The molecule has 0 atom stereocenters. The summed E-state index contributed by atoms with van der Waals surface area (Å²) in [4.78, 5) is 3.97. The van der Waals surface area contributed by atoms with Crippen LogP contribution in [0.5, 0.6) is 5.88 Å². The lowest BCUT2D eigenvalue weighted by Crippen LogP contribution is -2.32. The highest BCUT2D eigenvalue weighted by atomic mass is 16.5. The number of hydrogen-bond acceptors (Lipinski definition) is 4. The molecule has 0 amide bonds. The smallest absolute Gasteiger partial charge is 0.478 e. The third kappa shape index (κ3) is 2.43. The van der Waals surface area contributed by atoms with E-state index in [0.29, 0.717) is 17.9 Å². The van der Waals surface area contributed by atoms with E-state index in [9.17, 15) is 0 Å². The highest BCUT2D eigenvalue weighted by molar-refractivity contribution is 6.59. The van der Waals surface area contributed by atoms with Crippen LogP contribution in [0.3, 0.4) is 0 Å². The summed E-state index contributed by atoms with van der Waals surface area (Å²) in [5.41, 5.74) is 1.16. The zero-order chi connectivity index (χ0) is 9.84. The number of nitrogens with zero attached hydrogens (tertiary/aromatic N) is 1. The van der Waals surface area contributed by atoms with Gasteiger partial charge in [0, 0.05) is 12.3 Å². The average Bonchev–Trinajstić information content (AvgIpc) is 2.08. The van der Waals surface area contributed by atoms with E-state index in [2.05, 4.69) is 4.98 Å². The topological polar surface area (TPSA) is 62.6 Å². The minimum absolute atomic E-state index is 0.413. The Morgan fingerprint density at radius 2 is 2.23 bits per heavy atom. The first-order chi connectivity index (χ1) is 6.15. The van der Waals surface area contributed by atoms with Gasteiger partial charge in [0.2, 0.25) is 5.88 Å². The Hall–Kier alpha value is -1.07. The van der Waals surface area contributed by atoms with E-state index < -0.39 is 7.12 Å². The molecule has 0 radical (unpaired) electrons. The van der Waals surface area contributed by atoms with Gasteiger partial charge in [0.25, 0.3) is 0 Å². The van der Waals surface area contributed by atoms with Gasteiger partial charge in [-0.05, 0) is 24.9 Å². The molecule has 0 aromatic carbocycles. The maximum absolute atomic E-state index is 8.97. The second kappa shape index (κ2) is 4.25. The summed E-state index contributed by atoms with van der Waals surface area (Å²) < 4.78 is 5.12. The van der Waals surface area contributed by atoms with Gasteiger partial charge in [0.15, 0.2) is 0 Å². The summed E-state index contributed by atoms with van der Waals surface area (Å²) in [7, 11) is -1.47. The molecule has 0 aliphatic carbocycles. The Morgan fingerprint density at radius 1 is 1.54 bits per heavy atom. The Kier molecular flexibility index (Phi) is 3.28. The van der Waals surface area contributed by atoms with E-state index in [-0.39, 0.29) is 0 Å². The number of rotatable bonds is 3. The van der Waals surface area contributed by atoms with Crippen LogP contribution in [0.4, 0.5) is 0 Å². The normalized spacial score (nSPS) is 9.85. The zero-order valence-electron chi connectivity index (χ0n) is 7.69. The van der Waals surface area contributed by atoms with Crippen LogP contribution in [0.2, 0.25) is 0 Å². The van der Waals surface area contributed by atoms with Crippen molar-refractivity contribution in [1.82, 2.24) is 4.98 Å². The van der Waals surface area contributed by atoms with Crippen LogP contribution < -0.4 is 10.2 Å². The second-order valence-corrected chi connectivity index (χ2v) is 2.69. The second-order valence-electron chi connectivity index (χ2n) is 2.69. The molecule has 70 valence electrons. The van der Waals surface area contributed by atoms with Gasteiger partial charge in [-0.2, -0.15) is 0 Å². The van der Waals surface area contributed by atoms with E-state index in [1.54, 1.807) is 13.1 Å². The molecule has 0 aliphatic rings. The molecule has 5 heteroatoms. The van der Waals surface area contributed by atoms with Gasteiger partial charge in [-0.25, -0.2) is 4.98 Å². The summed E-state index contributed by atoms with van der Waals surface area (Å²) in [6, 6.07) is 1.53. The molecule has 13 heavy (non-hydrogen) atoms. The van der Waals surface area contributed by atoms with Gasteiger partial charge in [-0.15, -0.1) is 0 Å². The first kappa shape index (κ1) is 10.0. The van der Waals surface area contributed by atoms with Crippen LogP contribution in [-0.2, 0) is 0 Å².